The molecular formula is C15H23F3O3. The molecule has 2 bridgehead atoms. The van der Waals surface area contributed by atoms with Crippen molar-refractivity contribution in [2.45, 2.75) is 50.7 Å². The Morgan fingerprint density at radius 3 is 2.29 bits per heavy atom. The van der Waals surface area contributed by atoms with E-state index >= 15 is 0 Å². The summed E-state index contributed by atoms with van der Waals surface area (Å²) in [6, 6.07) is 0. The third kappa shape index (κ3) is 3.60. The molecule has 0 aliphatic heterocycles. The molecule has 1 fully saturated rings. The number of fused-ring (bicyclic) bond motifs is 2. The molecule has 2 aliphatic carbocycles. The summed E-state index contributed by atoms with van der Waals surface area (Å²) in [6.07, 6.45) is 1.11. The Balaban J connectivity index is 1.93. The number of hydrogen-bond acceptors (Lipinski definition) is 3. The highest BCUT2D eigenvalue weighted by Crippen LogP contribution is 2.44. The van der Waals surface area contributed by atoms with E-state index < -0.39 is 24.0 Å². The van der Waals surface area contributed by atoms with Crippen LogP contribution in [0.4, 0.5) is 13.2 Å². The van der Waals surface area contributed by atoms with Crippen molar-refractivity contribution < 1.29 is 27.8 Å². The molecule has 0 heterocycles. The average Bonchev–Trinajstić information content (AvgIpc) is 2.96. The van der Waals surface area contributed by atoms with Gasteiger partial charge in [0.25, 0.3) is 0 Å². The lowest BCUT2D eigenvalue weighted by Gasteiger charge is -2.37. The number of allylic oxidation sites excluding steroid dienone is 2. The molecule has 0 amide bonds. The Hall–Kier alpha value is -0.590. The molecule has 2 aliphatic rings. The van der Waals surface area contributed by atoms with Crippen molar-refractivity contribution in [1.82, 2.24) is 0 Å². The summed E-state index contributed by atoms with van der Waals surface area (Å²) in [6.45, 7) is 2.54. The molecule has 0 saturated heterocycles. The van der Waals surface area contributed by atoms with Crippen LogP contribution in [0.25, 0.3) is 0 Å². The molecular weight excluding hydrogens is 285 g/mol. The standard InChI is InChI=1S/C15H23F3O3/c1-13(19,15(16,17)18)9-14(2,20-3)21-8-12-7-10-4-5-11(12)6-10/h4-5,10-12,19H,6-9H2,1-3H3. The third-order valence-electron chi connectivity index (χ3n) is 4.73. The largest absolute Gasteiger partial charge is 0.417 e. The van der Waals surface area contributed by atoms with Gasteiger partial charge in [0.15, 0.2) is 11.4 Å². The van der Waals surface area contributed by atoms with Crippen LogP contribution in [-0.4, -0.2) is 36.4 Å². The Morgan fingerprint density at radius 2 is 1.86 bits per heavy atom. The summed E-state index contributed by atoms with van der Waals surface area (Å²) in [5.74, 6) is -0.0925. The number of aliphatic hydroxyl groups is 1. The molecule has 5 atom stereocenters. The second-order valence-electron chi connectivity index (χ2n) is 6.64. The van der Waals surface area contributed by atoms with Crippen molar-refractivity contribution >= 4 is 0 Å². The van der Waals surface area contributed by atoms with Crippen molar-refractivity contribution in [2.75, 3.05) is 13.7 Å². The molecule has 21 heavy (non-hydrogen) atoms. The van der Waals surface area contributed by atoms with Gasteiger partial charge in [-0.2, -0.15) is 13.2 Å². The number of ether oxygens (including phenoxy) is 2. The second kappa shape index (κ2) is 5.56. The van der Waals surface area contributed by atoms with E-state index in [9.17, 15) is 18.3 Å². The predicted molar refractivity (Wildman–Crippen MR) is 71.5 cm³/mol. The lowest BCUT2D eigenvalue weighted by molar-refractivity contribution is -0.303. The summed E-state index contributed by atoms with van der Waals surface area (Å²) in [7, 11) is 1.30. The number of hydrogen-bond donors (Lipinski definition) is 1. The van der Waals surface area contributed by atoms with Crippen molar-refractivity contribution in [3.8, 4) is 0 Å². The van der Waals surface area contributed by atoms with Crippen LogP contribution in [-0.2, 0) is 9.47 Å². The van der Waals surface area contributed by atoms with E-state index in [-0.39, 0.29) is 0 Å². The fourth-order valence-electron chi connectivity index (χ4n) is 3.28. The first-order chi connectivity index (χ1) is 9.56. The predicted octanol–water partition coefficient (Wildman–Crippen LogP) is 3.28. The number of alkyl halides is 3. The molecule has 0 radical (unpaired) electrons. The van der Waals surface area contributed by atoms with Gasteiger partial charge in [0.1, 0.15) is 0 Å². The number of rotatable bonds is 6. The van der Waals surface area contributed by atoms with Gasteiger partial charge >= 0.3 is 6.18 Å². The Bertz CT molecular complexity index is 405. The fourth-order valence-corrected chi connectivity index (χ4v) is 3.28. The van der Waals surface area contributed by atoms with Crippen LogP contribution in [0.2, 0.25) is 0 Å². The highest BCUT2D eigenvalue weighted by Gasteiger charge is 2.54. The SMILES string of the molecule is COC(C)(CC(C)(O)C(F)(F)F)OCC1CC2C=CC1C2. The molecule has 6 heteroatoms. The van der Waals surface area contributed by atoms with E-state index in [1.807, 2.05) is 0 Å². The van der Waals surface area contributed by atoms with Crippen LogP contribution in [0, 0.1) is 17.8 Å². The van der Waals surface area contributed by atoms with E-state index in [0.29, 0.717) is 24.4 Å². The number of halogens is 3. The third-order valence-corrected chi connectivity index (χ3v) is 4.73. The highest BCUT2D eigenvalue weighted by molar-refractivity contribution is 5.10. The summed E-state index contributed by atoms with van der Waals surface area (Å²) in [4.78, 5) is 0. The van der Waals surface area contributed by atoms with Crippen LogP contribution in [0.1, 0.15) is 33.1 Å². The molecule has 2 rings (SSSR count). The number of methoxy groups -OCH3 is 1. The topological polar surface area (TPSA) is 38.7 Å². The van der Waals surface area contributed by atoms with Gasteiger partial charge in [-0.05, 0) is 44.4 Å². The molecule has 0 aromatic rings. The zero-order chi connectivity index (χ0) is 15.9. The van der Waals surface area contributed by atoms with Gasteiger partial charge in [-0.15, -0.1) is 0 Å². The lowest BCUT2D eigenvalue weighted by atomic mass is 9.93. The smallest absolute Gasteiger partial charge is 0.381 e. The summed E-state index contributed by atoms with van der Waals surface area (Å²) < 4.78 is 49.1. The normalized spacial score (nSPS) is 34.0. The van der Waals surface area contributed by atoms with Crippen molar-refractivity contribution in [1.29, 1.82) is 0 Å². The lowest BCUT2D eigenvalue weighted by Crippen LogP contribution is -2.50. The van der Waals surface area contributed by atoms with Gasteiger partial charge in [-0.3, -0.25) is 0 Å². The Kier molecular flexibility index (Phi) is 4.44. The van der Waals surface area contributed by atoms with Crippen molar-refractivity contribution in [3.63, 3.8) is 0 Å². The first-order valence-electron chi connectivity index (χ1n) is 7.23. The maximum atomic E-state index is 12.8. The zero-order valence-electron chi connectivity index (χ0n) is 12.6. The van der Waals surface area contributed by atoms with E-state index in [1.165, 1.54) is 14.0 Å². The van der Waals surface area contributed by atoms with E-state index in [1.54, 1.807) is 0 Å². The van der Waals surface area contributed by atoms with E-state index in [0.717, 1.165) is 19.8 Å². The van der Waals surface area contributed by atoms with Gasteiger partial charge < -0.3 is 14.6 Å². The van der Waals surface area contributed by atoms with Crippen LogP contribution < -0.4 is 0 Å². The highest BCUT2D eigenvalue weighted by atomic mass is 19.4. The molecule has 122 valence electrons. The second-order valence-corrected chi connectivity index (χ2v) is 6.64. The van der Waals surface area contributed by atoms with Crippen LogP contribution in [0.5, 0.6) is 0 Å². The molecule has 0 aromatic carbocycles. The van der Waals surface area contributed by atoms with Crippen LogP contribution in [0.15, 0.2) is 12.2 Å². The Morgan fingerprint density at radius 1 is 1.19 bits per heavy atom. The minimum atomic E-state index is -4.72. The average molecular weight is 308 g/mol. The first kappa shape index (κ1) is 16.8. The van der Waals surface area contributed by atoms with Crippen LogP contribution >= 0.6 is 0 Å². The zero-order valence-corrected chi connectivity index (χ0v) is 12.6. The molecule has 3 nitrogen and oxygen atoms in total. The molecule has 0 spiro atoms. The van der Waals surface area contributed by atoms with Crippen LogP contribution in [0.3, 0.4) is 0 Å². The Labute approximate surface area is 123 Å². The minimum Gasteiger partial charge on any atom is -0.381 e. The van der Waals surface area contributed by atoms with Gasteiger partial charge in [0.05, 0.1) is 6.61 Å². The quantitative estimate of drug-likeness (QED) is 0.604. The molecule has 5 unspecified atom stereocenters. The van der Waals surface area contributed by atoms with Crippen molar-refractivity contribution in [2.24, 2.45) is 17.8 Å². The minimum absolute atomic E-state index is 0.324. The summed E-state index contributed by atoms with van der Waals surface area (Å²) >= 11 is 0. The molecule has 1 saturated carbocycles. The molecule has 1 N–H and O–H groups in total. The van der Waals surface area contributed by atoms with Gasteiger partial charge in [-0.25, -0.2) is 0 Å². The molecule has 0 aromatic heterocycles. The fraction of sp³-hybridized carbons (Fsp3) is 0.867. The van der Waals surface area contributed by atoms with Crippen molar-refractivity contribution in [3.05, 3.63) is 12.2 Å². The maximum absolute atomic E-state index is 12.8. The first-order valence-corrected chi connectivity index (χ1v) is 7.23. The monoisotopic (exact) mass is 308 g/mol. The van der Waals surface area contributed by atoms with Gasteiger partial charge in [0, 0.05) is 13.5 Å². The van der Waals surface area contributed by atoms with E-state index in [2.05, 4.69) is 12.2 Å². The van der Waals surface area contributed by atoms with Gasteiger partial charge in [0.2, 0.25) is 0 Å². The van der Waals surface area contributed by atoms with E-state index in [4.69, 9.17) is 9.47 Å². The summed E-state index contributed by atoms with van der Waals surface area (Å²) in [5.41, 5.74) is -2.84. The summed E-state index contributed by atoms with van der Waals surface area (Å²) in [5, 5.41) is 9.62. The maximum Gasteiger partial charge on any atom is 0.417 e. The van der Waals surface area contributed by atoms with Gasteiger partial charge in [-0.1, -0.05) is 12.2 Å².